The molecule has 0 aromatic heterocycles. The van der Waals surface area contributed by atoms with Crippen LogP contribution >= 0.6 is 0 Å². The Morgan fingerprint density at radius 3 is 2.58 bits per heavy atom. The van der Waals surface area contributed by atoms with E-state index in [1.165, 1.54) is 0 Å². The summed E-state index contributed by atoms with van der Waals surface area (Å²) in [4.78, 5) is 0. The van der Waals surface area contributed by atoms with Gasteiger partial charge in [0, 0.05) is 12.8 Å². The molecule has 1 aliphatic rings. The van der Waals surface area contributed by atoms with Gasteiger partial charge in [-0.1, -0.05) is 6.92 Å². The first-order valence-corrected chi connectivity index (χ1v) is 4.48. The lowest BCUT2D eigenvalue weighted by Crippen LogP contribution is -2.28. The lowest BCUT2D eigenvalue weighted by molar-refractivity contribution is -0.164. The van der Waals surface area contributed by atoms with Gasteiger partial charge in [0.05, 0.1) is 19.3 Å². The number of ether oxygens (including phenoxy) is 2. The van der Waals surface area contributed by atoms with Crippen LogP contribution in [0.4, 0.5) is 0 Å². The molecule has 1 fully saturated rings. The van der Waals surface area contributed by atoms with E-state index in [-0.39, 0.29) is 5.79 Å². The molecular formula is C9H15NO2. The molecule has 0 aromatic rings. The van der Waals surface area contributed by atoms with Gasteiger partial charge in [0.15, 0.2) is 5.79 Å². The van der Waals surface area contributed by atoms with Gasteiger partial charge in [0.1, 0.15) is 0 Å². The van der Waals surface area contributed by atoms with Gasteiger partial charge >= 0.3 is 0 Å². The molecule has 0 spiro atoms. The molecule has 1 rings (SSSR count). The fourth-order valence-electron chi connectivity index (χ4n) is 1.46. The SMILES string of the molecule is CCC1(CCCC#N)OCCO1. The normalized spacial score (nSPS) is 20.7. The summed E-state index contributed by atoms with van der Waals surface area (Å²) in [5, 5.41) is 8.37. The van der Waals surface area contributed by atoms with E-state index in [9.17, 15) is 0 Å². The fraction of sp³-hybridized carbons (Fsp3) is 0.889. The van der Waals surface area contributed by atoms with Crippen molar-refractivity contribution < 1.29 is 9.47 Å². The molecule has 0 atom stereocenters. The van der Waals surface area contributed by atoms with Crippen molar-refractivity contribution in [2.45, 2.75) is 38.4 Å². The molecule has 0 bridgehead atoms. The lowest BCUT2D eigenvalue weighted by atomic mass is 10.1. The van der Waals surface area contributed by atoms with Crippen LogP contribution in [0.3, 0.4) is 0 Å². The van der Waals surface area contributed by atoms with Crippen molar-refractivity contribution in [3.8, 4) is 6.07 Å². The first-order chi connectivity index (χ1) is 5.83. The lowest BCUT2D eigenvalue weighted by Gasteiger charge is -2.25. The Kier molecular flexibility index (Phi) is 3.51. The second kappa shape index (κ2) is 4.44. The van der Waals surface area contributed by atoms with Crippen LogP contribution in [-0.4, -0.2) is 19.0 Å². The Bertz CT molecular complexity index is 168. The Morgan fingerprint density at radius 1 is 1.42 bits per heavy atom. The molecule has 0 unspecified atom stereocenters. The number of nitrogens with zero attached hydrogens (tertiary/aromatic N) is 1. The van der Waals surface area contributed by atoms with Gasteiger partial charge in [-0.15, -0.1) is 0 Å². The van der Waals surface area contributed by atoms with Crippen molar-refractivity contribution in [3.05, 3.63) is 0 Å². The Morgan fingerprint density at radius 2 is 2.08 bits per heavy atom. The van der Waals surface area contributed by atoms with Crippen molar-refractivity contribution in [1.82, 2.24) is 0 Å². The molecule has 68 valence electrons. The van der Waals surface area contributed by atoms with E-state index in [1.54, 1.807) is 0 Å². The standard InChI is InChI=1S/C9H15NO2/c1-2-9(5-3-4-6-10)11-7-8-12-9/h2-5,7-8H2,1H3. The van der Waals surface area contributed by atoms with E-state index in [4.69, 9.17) is 14.7 Å². The monoisotopic (exact) mass is 169 g/mol. The van der Waals surface area contributed by atoms with Crippen LogP contribution in [-0.2, 0) is 9.47 Å². The molecule has 1 aliphatic heterocycles. The highest BCUT2D eigenvalue weighted by Gasteiger charge is 2.33. The third-order valence-corrected chi connectivity index (χ3v) is 2.20. The first-order valence-electron chi connectivity index (χ1n) is 4.48. The topological polar surface area (TPSA) is 42.2 Å². The second-order valence-corrected chi connectivity index (χ2v) is 2.97. The summed E-state index contributed by atoms with van der Waals surface area (Å²) in [7, 11) is 0. The minimum atomic E-state index is -0.364. The van der Waals surface area contributed by atoms with Crippen molar-refractivity contribution in [1.29, 1.82) is 5.26 Å². The van der Waals surface area contributed by atoms with Crippen molar-refractivity contribution in [2.75, 3.05) is 13.2 Å². The van der Waals surface area contributed by atoms with Crippen LogP contribution in [0.15, 0.2) is 0 Å². The van der Waals surface area contributed by atoms with E-state index in [2.05, 4.69) is 13.0 Å². The molecule has 12 heavy (non-hydrogen) atoms. The average Bonchev–Trinajstić information content (AvgIpc) is 2.55. The van der Waals surface area contributed by atoms with Crippen LogP contribution in [0.25, 0.3) is 0 Å². The van der Waals surface area contributed by atoms with Gasteiger partial charge in [-0.25, -0.2) is 0 Å². The van der Waals surface area contributed by atoms with Crippen LogP contribution in [0, 0.1) is 11.3 Å². The molecule has 0 aromatic carbocycles. The molecule has 1 heterocycles. The minimum absolute atomic E-state index is 0.364. The maximum atomic E-state index is 8.37. The second-order valence-electron chi connectivity index (χ2n) is 2.97. The van der Waals surface area contributed by atoms with E-state index < -0.39 is 0 Å². The van der Waals surface area contributed by atoms with Crippen molar-refractivity contribution >= 4 is 0 Å². The zero-order valence-electron chi connectivity index (χ0n) is 7.51. The molecule has 0 N–H and O–H groups in total. The van der Waals surface area contributed by atoms with Gasteiger partial charge in [-0.3, -0.25) is 0 Å². The van der Waals surface area contributed by atoms with Gasteiger partial charge < -0.3 is 9.47 Å². The molecule has 0 radical (unpaired) electrons. The van der Waals surface area contributed by atoms with Gasteiger partial charge in [-0.2, -0.15) is 5.26 Å². The van der Waals surface area contributed by atoms with E-state index in [0.717, 1.165) is 19.3 Å². The summed E-state index contributed by atoms with van der Waals surface area (Å²) >= 11 is 0. The zero-order valence-corrected chi connectivity index (χ0v) is 7.51. The Hall–Kier alpha value is -0.590. The largest absolute Gasteiger partial charge is 0.348 e. The molecule has 1 saturated heterocycles. The van der Waals surface area contributed by atoms with Gasteiger partial charge in [0.25, 0.3) is 0 Å². The molecule has 3 nitrogen and oxygen atoms in total. The van der Waals surface area contributed by atoms with E-state index in [1.807, 2.05) is 0 Å². The predicted octanol–water partition coefficient (Wildman–Crippen LogP) is 1.83. The van der Waals surface area contributed by atoms with Crippen LogP contribution in [0.1, 0.15) is 32.6 Å². The van der Waals surface area contributed by atoms with Crippen LogP contribution in [0.2, 0.25) is 0 Å². The number of rotatable bonds is 4. The van der Waals surface area contributed by atoms with Crippen molar-refractivity contribution in [3.63, 3.8) is 0 Å². The Balaban J connectivity index is 2.30. The van der Waals surface area contributed by atoms with E-state index >= 15 is 0 Å². The summed E-state index contributed by atoms with van der Waals surface area (Å²) in [6.45, 7) is 3.44. The third kappa shape index (κ3) is 2.20. The third-order valence-electron chi connectivity index (χ3n) is 2.20. The Labute approximate surface area is 73.3 Å². The molecule has 0 saturated carbocycles. The number of nitriles is 1. The summed E-state index contributed by atoms with van der Waals surface area (Å²) in [5.74, 6) is -0.364. The fourth-order valence-corrected chi connectivity index (χ4v) is 1.46. The predicted molar refractivity (Wildman–Crippen MR) is 44.4 cm³/mol. The smallest absolute Gasteiger partial charge is 0.168 e. The summed E-state index contributed by atoms with van der Waals surface area (Å²) < 4.78 is 11.0. The maximum Gasteiger partial charge on any atom is 0.168 e. The number of hydrogen-bond acceptors (Lipinski definition) is 3. The maximum absolute atomic E-state index is 8.37. The van der Waals surface area contributed by atoms with Crippen molar-refractivity contribution in [2.24, 2.45) is 0 Å². The van der Waals surface area contributed by atoms with Crippen LogP contribution in [0.5, 0.6) is 0 Å². The molecular weight excluding hydrogens is 154 g/mol. The summed E-state index contributed by atoms with van der Waals surface area (Å²) in [6, 6.07) is 2.12. The zero-order chi connectivity index (χ0) is 8.86. The summed E-state index contributed by atoms with van der Waals surface area (Å²) in [6.07, 6.45) is 3.17. The average molecular weight is 169 g/mol. The first kappa shape index (κ1) is 9.50. The number of hydrogen-bond donors (Lipinski definition) is 0. The van der Waals surface area contributed by atoms with Gasteiger partial charge in [-0.05, 0) is 12.8 Å². The van der Waals surface area contributed by atoms with E-state index in [0.29, 0.717) is 19.6 Å². The molecule has 0 amide bonds. The minimum Gasteiger partial charge on any atom is -0.348 e. The molecule has 3 heteroatoms. The number of unbranched alkanes of at least 4 members (excludes halogenated alkanes) is 1. The van der Waals surface area contributed by atoms with Crippen LogP contribution < -0.4 is 0 Å². The highest BCUT2D eigenvalue weighted by Crippen LogP contribution is 2.28. The van der Waals surface area contributed by atoms with Gasteiger partial charge in [0.2, 0.25) is 0 Å². The molecule has 0 aliphatic carbocycles. The highest BCUT2D eigenvalue weighted by atomic mass is 16.7. The summed E-state index contributed by atoms with van der Waals surface area (Å²) in [5.41, 5.74) is 0. The highest BCUT2D eigenvalue weighted by molar-refractivity contribution is 4.76. The quantitative estimate of drug-likeness (QED) is 0.603.